The van der Waals surface area contributed by atoms with Crippen molar-refractivity contribution >= 4 is 27.7 Å². The molecule has 30 heavy (non-hydrogen) atoms. The van der Waals surface area contributed by atoms with Crippen LogP contribution in [0.2, 0.25) is 0 Å². The Kier molecular flexibility index (Phi) is 8.39. The molecule has 0 saturated carbocycles. The number of halogens is 2. The molecule has 5 nitrogen and oxygen atoms in total. The lowest BCUT2D eigenvalue weighted by molar-refractivity contribution is -0.121. The van der Waals surface area contributed by atoms with Crippen LogP contribution in [0.4, 0.5) is 4.39 Å². The van der Waals surface area contributed by atoms with Crippen LogP contribution in [0.5, 0.6) is 0 Å². The summed E-state index contributed by atoms with van der Waals surface area (Å²) in [6.07, 6.45) is 3.60. The lowest BCUT2D eigenvalue weighted by Crippen LogP contribution is -2.46. The minimum atomic E-state index is -0.478. The average Bonchev–Trinajstić information content (AvgIpc) is 2.75. The van der Waals surface area contributed by atoms with E-state index < -0.39 is 11.7 Å². The molecule has 1 aliphatic heterocycles. The Labute approximate surface area is 185 Å². The Bertz CT molecular complexity index is 863. The summed E-state index contributed by atoms with van der Waals surface area (Å²) < 4.78 is 13.9. The lowest BCUT2D eigenvalue weighted by Gasteiger charge is -2.36. The summed E-state index contributed by atoms with van der Waals surface area (Å²) >= 11 is 3.24. The monoisotopic (exact) mass is 475 g/mol. The first-order chi connectivity index (χ1) is 14.5. The summed E-state index contributed by atoms with van der Waals surface area (Å²) in [7, 11) is 0. The van der Waals surface area contributed by atoms with E-state index >= 15 is 0 Å². The number of nitrogens with one attached hydrogen (secondary N) is 2. The Hall–Kier alpha value is -2.25. The average molecular weight is 476 g/mol. The molecule has 0 radical (unpaired) electrons. The molecule has 0 aromatic heterocycles. The summed E-state index contributed by atoms with van der Waals surface area (Å²) in [5, 5.41) is 5.67. The van der Waals surface area contributed by atoms with Crippen molar-refractivity contribution in [3.63, 3.8) is 0 Å². The number of benzene rings is 2. The third-order valence-corrected chi connectivity index (χ3v) is 6.01. The van der Waals surface area contributed by atoms with E-state index in [0.717, 1.165) is 19.5 Å². The summed E-state index contributed by atoms with van der Waals surface area (Å²) in [5.74, 6) is -0.983. The zero-order valence-electron chi connectivity index (χ0n) is 16.9. The van der Waals surface area contributed by atoms with Crippen molar-refractivity contribution in [3.8, 4) is 0 Å². The second kappa shape index (κ2) is 11.2. The molecule has 2 amide bonds. The summed E-state index contributed by atoms with van der Waals surface area (Å²) in [5.41, 5.74) is 1.50. The van der Waals surface area contributed by atoms with E-state index in [9.17, 15) is 14.0 Å². The highest BCUT2D eigenvalue weighted by molar-refractivity contribution is 9.10. The molecule has 1 unspecified atom stereocenters. The molecule has 1 fully saturated rings. The van der Waals surface area contributed by atoms with E-state index in [-0.39, 0.29) is 24.4 Å². The van der Waals surface area contributed by atoms with Crippen LogP contribution in [0, 0.1) is 5.82 Å². The molecule has 1 heterocycles. The molecule has 1 saturated heterocycles. The summed E-state index contributed by atoms with van der Waals surface area (Å²) in [4.78, 5) is 26.8. The Morgan fingerprint density at radius 1 is 1.10 bits per heavy atom. The van der Waals surface area contributed by atoms with E-state index in [4.69, 9.17) is 0 Å². The van der Waals surface area contributed by atoms with Crippen LogP contribution in [0.25, 0.3) is 0 Å². The maximum Gasteiger partial charge on any atom is 0.252 e. The number of amides is 2. The summed E-state index contributed by atoms with van der Waals surface area (Å²) in [6.45, 7) is 2.73. The number of carbonyl (C=O) groups is 2. The molecule has 2 aromatic rings. The minimum absolute atomic E-state index is 0.0983. The molecule has 7 heteroatoms. The third kappa shape index (κ3) is 6.64. The van der Waals surface area contributed by atoms with Gasteiger partial charge in [0.15, 0.2) is 0 Å². The van der Waals surface area contributed by atoms with Crippen LogP contribution in [-0.4, -0.2) is 42.4 Å². The zero-order chi connectivity index (χ0) is 21.3. The van der Waals surface area contributed by atoms with Gasteiger partial charge in [-0.15, -0.1) is 0 Å². The topological polar surface area (TPSA) is 61.4 Å². The van der Waals surface area contributed by atoms with Gasteiger partial charge in [-0.05, 0) is 59.1 Å². The third-order valence-electron chi connectivity index (χ3n) is 5.32. The van der Waals surface area contributed by atoms with Gasteiger partial charge in [0.25, 0.3) is 5.91 Å². The molecular weight excluding hydrogens is 449 g/mol. The van der Waals surface area contributed by atoms with E-state index in [2.05, 4.69) is 43.6 Å². The van der Waals surface area contributed by atoms with Crippen molar-refractivity contribution in [1.82, 2.24) is 15.5 Å². The number of likely N-dealkylation sites (tertiary alicyclic amines) is 1. The second-order valence-electron chi connectivity index (χ2n) is 7.54. The SMILES string of the molecule is O=C(CCNC(=O)c1cc(F)ccc1Br)NCC1CCCCN1Cc1ccccc1. The lowest BCUT2D eigenvalue weighted by atomic mass is 10.0. The van der Waals surface area contributed by atoms with Gasteiger partial charge < -0.3 is 10.6 Å². The van der Waals surface area contributed by atoms with Crippen LogP contribution in [0.15, 0.2) is 53.0 Å². The van der Waals surface area contributed by atoms with Gasteiger partial charge in [-0.1, -0.05) is 36.8 Å². The fraction of sp³-hybridized carbons (Fsp3) is 0.391. The fourth-order valence-corrected chi connectivity index (χ4v) is 4.12. The van der Waals surface area contributed by atoms with Crippen LogP contribution in [0.3, 0.4) is 0 Å². The first-order valence-electron chi connectivity index (χ1n) is 10.3. The van der Waals surface area contributed by atoms with E-state index in [0.29, 0.717) is 17.1 Å². The van der Waals surface area contributed by atoms with Crippen molar-refractivity contribution in [2.45, 2.75) is 38.3 Å². The molecule has 1 aliphatic rings. The van der Waals surface area contributed by atoms with E-state index in [1.54, 1.807) is 0 Å². The number of rotatable bonds is 8. The van der Waals surface area contributed by atoms with Gasteiger partial charge in [0, 0.05) is 36.6 Å². The largest absolute Gasteiger partial charge is 0.354 e. The highest BCUT2D eigenvalue weighted by Crippen LogP contribution is 2.19. The number of nitrogens with zero attached hydrogens (tertiary/aromatic N) is 1. The van der Waals surface area contributed by atoms with Gasteiger partial charge in [0.1, 0.15) is 5.82 Å². The van der Waals surface area contributed by atoms with Gasteiger partial charge in [0.05, 0.1) is 5.56 Å². The predicted molar refractivity (Wildman–Crippen MR) is 119 cm³/mol. The number of hydrogen-bond acceptors (Lipinski definition) is 3. The molecule has 0 bridgehead atoms. The molecule has 2 aromatic carbocycles. The highest BCUT2D eigenvalue weighted by atomic mass is 79.9. The van der Waals surface area contributed by atoms with Gasteiger partial charge >= 0.3 is 0 Å². The normalized spacial score (nSPS) is 16.8. The number of piperidine rings is 1. The fourth-order valence-electron chi connectivity index (χ4n) is 3.69. The van der Waals surface area contributed by atoms with Crippen molar-refractivity contribution in [2.24, 2.45) is 0 Å². The quantitative estimate of drug-likeness (QED) is 0.608. The maximum atomic E-state index is 13.3. The molecule has 3 rings (SSSR count). The standard InChI is InChI=1S/C23H27BrFN3O2/c24-21-10-9-18(25)14-20(21)23(30)26-12-11-22(29)27-15-19-8-4-5-13-28(19)16-17-6-2-1-3-7-17/h1-3,6-7,9-10,14,19H,4-5,8,11-13,15-16H2,(H,26,30)(H,27,29). The Balaban J connectivity index is 1.42. The zero-order valence-corrected chi connectivity index (χ0v) is 18.5. The molecular formula is C23H27BrFN3O2. The maximum absolute atomic E-state index is 13.3. The molecule has 2 N–H and O–H groups in total. The molecule has 0 aliphatic carbocycles. The van der Waals surface area contributed by atoms with Crippen molar-refractivity contribution in [3.05, 3.63) is 69.9 Å². The van der Waals surface area contributed by atoms with Crippen LogP contribution in [0.1, 0.15) is 41.6 Å². The minimum Gasteiger partial charge on any atom is -0.354 e. The summed E-state index contributed by atoms with van der Waals surface area (Å²) in [6, 6.07) is 14.6. The number of carbonyl (C=O) groups excluding carboxylic acids is 2. The van der Waals surface area contributed by atoms with Gasteiger partial charge in [-0.3, -0.25) is 14.5 Å². The Morgan fingerprint density at radius 3 is 2.70 bits per heavy atom. The molecule has 160 valence electrons. The van der Waals surface area contributed by atoms with Crippen molar-refractivity contribution in [1.29, 1.82) is 0 Å². The molecule has 1 atom stereocenters. The Morgan fingerprint density at radius 2 is 1.90 bits per heavy atom. The number of hydrogen-bond donors (Lipinski definition) is 2. The molecule has 0 spiro atoms. The van der Waals surface area contributed by atoms with Gasteiger partial charge in [-0.25, -0.2) is 4.39 Å². The van der Waals surface area contributed by atoms with Crippen molar-refractivity contribution in [2.75, 3.05) is 19.6 Å². The smallest absolute Gasteiger partial charge is 0.252 e. The van der Waals surface area contributed by atoms with Crippen molar-refractivity contribution < 1.29 is 14.0 Å². The predicted octanol–water partition coefficient (Wildman–Crippen LogP) is 3.88. The van der Waals surface area contributed by atoms with E-state index in [1.165, 1.54) is 36.6 Å². The van der Waals surface area contributed by atoms with Crippen LogP contribution >= 0.6 is 15.9 Å². The van der Waals surface area contributed by atoms with Gasteiger partial charge in [-0.2, -0.15) is 0 Å². The second-order valence-corrected chi connectivity index (χ2v) is 8.39. The van der Waals surface area contributed by atoms with Crippen LogP contribution in [-0.2, 0) is 11.3 Å². The first-order valence-corrected chi connectivity index (χ1v) is 11.1. The highest BCUT2D eigenvalue weighted by Gasteiger charge is 2.22. The first kappa shape index (κ1) is 22.4. The van der Waals surface area contributed by atoms with Crippen LogP contribution < -0.4 is 10.6 Å². The van der Waals surface area contributed by atoms with E-state index in [1.807, 2.05) is 18.2 Å². The van der Waals surface area contributed by atoms with Gasteiger partial charge in [0.2, 0.25) is 5.91 Å².